The highest BCUT2D eigenvalue weighted by molar-refractivity contribution is 9.10. The molecular formula is C23H16BrClN2O4. The molecular weight excluding hydrogens is 484 g/mol. The number of halogens is 2. The van der Waals surface area contributed by atoms with E-state index in [-0.39, 0.29) is 11.7 Å². The van der Waals surface area contributed by atoms with Gasteiger partial charge in [0.1, 0.15) is 11.7 Å². The molecule has 3 atom stereocenters. The Hall–Kier alpha value is -2.87. The molecule has 2 saturated heterocycles. The molecule has 2 aliphatic rings. The minimum absolute atomic E-state index is 0.0172. The Morgan fingerprint density at radius 2 is 1.61 bits per heavy atom. The van der Waals surface area contributed by atoms with Gasteiger partial charge in [-0.15, -0.1) is 0 Å². The normalized spacial score (nSPS) is 22.8. The van der Waals surface area contributed by atoms with Crippen molar-refractivity contribution in [3.8, 4) is 5.75 Å². The standard InChI is InChI=1S/C23H16BrClN2O4/c24-13-6-11-18(28)17(12-13)20-19-21(31-27(20)16-4-2-1-3-5-16)23(30)26(22(19)29)15-9-7-14(25)8-10-15/h1-12,19-21,28H/t19-,20+,21-/m1/s1. The van der Waals surface area contributed by atoms with Gasteiger partial charge in [0.15, 0.2) is 6.10 Å². The van der Waals surface area contributed by atoms with Gasteiger partial charge < -0.3 is 5.11 Å². The van der Waals surface area contributed by atoms with Gasteiger partial charge in [-0.25, -0.2) is 9.96 Å². The minimum atomic E-state index is -1.01. The van der Waals surface area contributed by atoms with Crippen molar-refractivity contribution >= 4 is 50.7 Å². The maximum absolute atomic E-state index is 13.5. The van der Waals surface area contributed by atoms with E-state index in [9.17, 15) is 14.7 Å². The number of hydrogen-bond acceptors (Lipinski definition) is 5. The predicted molar refractivity (Wildman–Crippen MR) is 120 cm³/mol. The highest BCUT2D eigenvalue weighted by Gasteiger charge is 2.60. The van der Waals surface area contributed by atoms with E-state index in [2.05, 4.69) is 15.9 Å². The second-order valence-electron chi connectivity index (χ2n) is 7.35. The summed E-state index contributed by atoms with van der Waals surface area (Å²) in [5, 5.41) is 12.7. The molecule has 5 rings (SSSR count). The lowest BCUT2D eigenvalue weighted by atomic mass is 9.90. The van der Waals surface area contributed by atoms with Gasteiger partial charge in [0.05, 0.1) is 17.4 Å². The first-order valence-corrected chi connectivity index (χ1v) is 10.8. The monoisotopic (exact) mass is 498 g/mol. The van der Waals surface area contributed by atoms with E-state index in [1.807, 2.05) is 30.3 Å². The molecule has 1 N–H and O–H groups in total. The molecule has 8 heteroatoms. The molecule has 3 aromatic carbocycles. The van der Waals surface area contributed by atoms with E-state index in [0.717, 1.165) is 9.37 Å². The summed E-state index contributed by atoms with van der Waals surface area (Å²) in [4.78, 5) is 33.9. The fraction of sp³-hybridized carbons (Fsp3) is 0.130. The molecule has 2 aliphatic heterocycles. The van der Waals surface area contributed by atoms with Gasteiger partial charge in [-0.2, -0.15) is 0 Å². The Balaban J connectivity index is 1.62. The van der Waals surface area contributed by atoms with Crippen molar-refractivity contribution in [1.82, 2.24) is 0 Å². The number of amides is 2. The highest BCUT2D eigenvalue weighted by Crippen LogP contribution is 2.49. The van der Waals surface area contributed by atoms with Gasteiger partial charge in [0, 0.05) is 15.1 Å². The van der Waals surface area contributed by atoms with Crippen LogP contribution in [0.2, 0.25) is 5.02 Å². The van der Waals surface area contributed by atoms with Gasteiger partial charge in [0.25, 0.3) is 5.91 Å². The van der Waals surface area contributed by atoms with Crippen LogP contribution in [0.5, 0.6) is 5.75 Å². The predicted octanol–water partition coefficient (Wildman–Crippen LogP) is 4.86. The average molecular weight is 500 g/mol. The van der Waals surface area contributed by atoms with E-state index in [4.69, 9.17) is 16.4 Å². The Kier molecular flexibility index (Phi) is 4.97. The molecule has 2 heterocycles. The summed E-state index contributed by atoms with van der Waals surface area (Å²) in [7, 11) is 0. The lowest BCUT2D eigenvalue weighted by molar-refractivity contribution is -0.126. The average Bonchev–Trinajstić information content (AvgIpc) is 3.28. The first kappa shape index (κ1) is 20.1. The SMILES string of the molecule is O=C1[C@H]2[C@@H](ON(c3ccccc3)[C@H]2c2cc(Br)ccc2O)C(=O)N1c1ccc(Cl)cc1. The number of carbonyl (C=O) groups is 2. The summed E-state index contributed by atoms with van der Waals surface area (Å²) < 4.78 is 0.739. The second-order valence-corrected chi connectivity index (χ2v) is 8.70. The van der Waals surface area contributed by atoms with Crippen LogP contribution < -0.4 is 9.96 Å². The van der Waals surface area contributed by atoms with Gasteiger partial charge in [-0.1, -0.05) is 45.7 Å². The van der Waals surface area contributed by atoms with E-state index in [1.165, 1.54) is 0 Å². The van der Waals surface area contributed by atoms with Gasteiger partial charge in [-0.3, -0.25) is 14.4 Å². The van der Waals surface area contributed by atoms with Crippen LogP contribution in [-0.4, -0.2) is 23.0 Å². The van der Waals surface area contributed by atoms with Crippen molar-refractivity contribution in [1.29, 1.82) is 0 Å². The number of hydroxylamine groups is 1. The zero-order valence-electron chi connectivity index (χ0n) is 16.0. The Morgan fingerprint density at radius 3 is 2.32 bits per heavy atom. The van der Waals surface area contributed by atoms with Gasteiger partial charge >= 0.3 is 0 Å². The van der Waals surface area contributed by atoms with Crippen molar-refractivity contribution in [3.05, 3.63) is 87.9 Å². The van der Waals surface area contributed by atoms with E-state index in [1.54, 1.807) is 47.5 Å². The third kappa shape index (κ3) is 3.29. The molecule has 156 valence electrons. The zero-order chi connectivity index (χ0) is 21.7. The number of fused-ring (bicyclic) bond motifs is 1. The Morgan fingerprint density at radius 1 is 0.903 bits per heavy atom. The summed E-state index contributed by atoms with van der Waals surface area (Å²) in [6.45, 7) is 0. The fourth-order valence-electron chi connectivity index (χ4n) is 4.14. The van der Waals surface area contributed by atoms with Crippen molar-refractivity contribution in [2.45, 2.75) is 12.1 Å². The first-order chi connectivity index (χ1) is 15.0. The molecule has 2 fully saturated rings. The van der Waals surface area contributed by atoms with Crippen LogP contribution in [0.15, 0.2) is 77.3 Å². The number of hydrogen-bond donors (Lipinski definition) is 1. The number of rotatable bonds is 3. The lowest BCUT2D eigenvalue weighted by Gasteiger charge is -2.29. The molecule has 6 nitrogen and oxygen atoms in total. The summed E-state index contributed by atoms with van der Waals surface area (Å²) in [5.41, 5.74) is 1.60. The molecule has 0 saturated carbocycles. The molecule has 0 bridgehead atoms. The molecule has 0 aromatic heterocycles. The maximum atomic E-state index is 13.5. The van der Waals surface area contributed by atoms with Crippen LogP contribution in [0.4, 0.5) is 11.4 Å². The third-order valence-electron chi connectivity index (χ3n) is 5.52. The molecule has 0 radical (unpaired) electrons. The van der Waals surface area contributed by atoms with Crippen LogP contribution >= 0.6 is 27.5 Å². The molecule has 3 aromatic rings. The summed E-state index contributed by atoms with van der Waals surface area (Å²) in [5.74, 6) is -1.65. The smallest absolute Gasteiger partial charge is 0.266 e. The summed E-state index contributed by atoms with van der Waals surface area (Å²) in [6, 6.07) is 20.0. The largest absolute Gasteiger partial charge is 0.508 e. The molecule has 0 unspecified atom stereocenters. The summed E-state index contributed by atoms with van der Waals surface area (Å²) in [6.07, 6.45) is -1.01. The van der Waals surface area contributed by atoms with Crippen molar-refractivity contribution in [3.63, 3.8) is 0 Å². The second kappa shape index (κ2) is 7.67. The maximum Gasteiger partial charge on any atom is 0.266 e. The third-order valence-corrected chi connectivity index (χ3v) is 6.26. The number of nitrogens with zero attached hydrogens (tertiary/aromatic N) is 2. The van der Waals surface area contributed by atoms with Crippen molar-refractivity contribution < 1.29 is 19.5 Å². The van der Waals surface area contributed by atoms with E-state index >= 15 is 0 Å². The first-order valence-electron chi connectivity index (χ1n) is 9.58. The number of anilines is 2. The van der Waals surface area contributed by atoms with Crippen LogP contribution in [0.3, 0.4) is 0 Å². The van der Waals surface area contributed by atoms with E-state index < -0.39 is 24.0 Å². The number of carbonyl (C=O) groups excluding carboxylic acids is 2. The van der Waals surface area contributed by atoms with E-state index in [0.29, 0.717) is 22.0 Å². The zero-order valence-corrected chi connectivity index (χ0v) is 18.3. The molecule has 31 heavy (non-hydrogen) atoms. The van der Waals surface area contributed by atoms with Crippen LogP contribution in [-0.2, 0) is 14.4 Å². The van der Waals surface area contributed by atoms with Crippen LogP contribution in [0, 0.1) is 5.92 Å². The molecule has 2 amide bonds. The number of aromatic hydroxyl groups is 1. The molecule has 0 aliphatic carbocycles. The van der Waals surface area contributed by atoms with Crippen LogP contribution in [0.25, 0.3) is 0 Å². The highest BCUT2D eigenvalue weighted by atomic mass is 79.9. The minimum Gasteiger partial charge on any atom is -0.508 e. The number of phenols is 1. The number of benzene rings is 3. The number of phenolic OH excluding ortho intramolecular Hbond substituents is 1. The van der Waals surface area contributed by atoms with Gasteiger partial charge in [-0.05, 0) is 54.6 Å². The topological polar surface area (TPSA) is 70.1 Å². The van der Waals surface area contributed by atoms with Crippen LogP contribution in [0.1, 0.15) is 11.6 Å². The quantitative estimate of drug-likeness (QED) is 0.521. The Bertz CT molecular complexity index is 1170. The lowest BCUT2D eigenvalue weighted by Crippen LogP contribution is -2.37. The summed E-state index contributed by atoms with van der Waals surface area (Å²) >= 11 is 9.39. The number of imide groups is 1. The van der Waals surface area contributed by atoms with Crippen molar-refractivity contribution in [2.24, 2.45) is 5.92 Å². The van der Waals surface area contributed by atoms with Crippen molar-refractivity contribution in [2.75, 3.05) is 9.96 Å². The Labute approximate surface area is 191 Å². The fourth-order valence-corrected chi connectivity index (χ4v) is 4.64. The molecule has 0 spiro atoms. The van der Waals surface area contributed by atoms with Gasteiger partial charge in [0.2, 0.25) is 5.91 Å². The number of para-hydroxylation sites is 1.